The highest BCUT2D eigenvalue weighted by Crippen LogP contribution is 2.35. The number of pyridine rings is 1. The van der Waals surface area contributed by atoms with Crippen molar-refractivity contribution in [1.29, 1.82) is 0 Å². The van der Waals surface area contributed by atoms with Gasteiger partial charge >= 0.3 is 0 Å². The van der Waals surface area contributed by atoms with Crippen molar-refractivity contribution >= 4 is 22.5 Å². The van der Waals surface area contributed by atoms with Crippen LogP contribution in [-0.2, 0) is 19.0 Å². The van der Waals surface area contributed by atoms with Crippen molar-refractivity contribution in [2.75, 3.05) is 37.6 Å². The molecule has 2 N–H and O–H groups in total. The van der Waals surface area contributed by atoms with E-state index in [9.17, 15) is 13.6 Å². The second-order valence-electron chi connectivity index (χ2n) is 9.84. The van der Waals surface area contributed by atoms with Gasteiger partial charge in [-0.3, -0.25) is 14.3 Å². The van der Waals surface area contributed by atoms with Gasteiger partial charge in [0, 0.05) is 50.7 Å². The fraction of sp³-hybridized carbons (Fsp3) is 0.321. The highest BCUT2D eigenvalue weighted by atomic mass is 19.3. The first-order chi connectivity index (χ1) is 18.3. The number of primary amides is 1. The largest absolute Gasteiger partial charge is 0.485 e. The number of para-hydroxylation sites is 1. The summed E-state index contributed by atoms with van der Waals surface area (Å²) in [6.45, 7) is 5.44. The maximum Gasteiger partial charge on any atom is 0.286 e. The molecule has 0 radical (unpaired) electrons. The molecule has 1 amide bonds. The molecule has 8 nitrogen and oxygen atoms in total. The summed E-state index contributed by atoms with van der Waals surface area (Å²) in [6, 6.07) is 14.9. The number of hydrogen-bond acceptors (Lipinski definition) is 6. The van der Waals surface area contributed by atoms with Crippen LogP contribution in [0.25, 0.3) is 16.6 Å². The molecule has 6 rings (SSSR count). The van der Waals surface area contributed by atoms with E-state index in [0.717, 1.165) is 74.1 Å². The predicted molar refractivity (Wildman–Crippen MR) is 140 cm³/mol. The number of ether oxygens (including phenoxy) is 1. The van der Waals surface area contributed by atoms with Crippen LogP contribution in [0.1, 0.15) is 34.4 Å². The molecular formula is C28H28F2N6O2. The molecule has 2 aromatic carbocycles. The number of alkyl halides is 2. The number of anilines is 1. The quantitative estimate of drug-likeness (QED) is 0.417. The van der Waals surface area contributed by atoms with Gasteiger partial charge in [0.25, 0.3) is 11.8 Å². The standard InChI is InChI=1S/C28H28F2N6O2/c1-28(29,30)24-9-8-19-20(33-24)5-3-6-21(19)35-14-12-34(13-15-35)11-10-18-4-2-7-22-26(18)38-16-23-25(27(31)37)32-17-36(22)23/h2-9,17H,10-16H2,1H3,(H2,31,37). The molecule has 0 spiro atoms. The number of amides is 1. The molecule has 0 saturated carbocycles. The van der Waals surface area contributed by atoms with Crippen molar-refractivity contribution in [3.63, 3.8) is 0 Å². The number of halogens is 2. The third kappa shape index (κ3) is 4.34. The van der Waals surface area contributed by atoms with Gasteiger partial charge in [0.2, 0.25) is 0 Å². The molecule has 0 atom stereocenters. The highest BCUT2D eigenvalue weighted by Gasteiger charge is 2.28. The van der Waals surface area contributed by atoms with Crippen LogP contribution >= 0.6 is 0 Å². The summed E-state index contributed by atoms with van der Waals surface area (Å²) in [4.78, 5) is 24.8. The lowest BCUT2D eigenvalue weighted by Crippen LogP contribution is -2.47. The van der Waals surface area contributed by atoms with E-state index < -0.39 is 11.8 Å². The first-order valence-electron chi connectivity index (χ1n) is 12.7. The molecule has 0 unspecified atom stereocenters. The van der Waals surface area contributed by atoms with Gasteiger partial charge in [-0.1, -0.05) is 18.2 Å². The van der Waals surface area contributed by atoms with E-state index in [1.807, 2.05) is 28.8 Å². The van der Waals surface area contributed by atoms with E-state index in [4.69, 9.17) is 10.5 Å². The number of rotatable bonds is 6. The fourth-order valence-electron chi connectivity index (χ4n) is 5.34. The van der Waals surface area contributed by atoms with Gasteiger partial charge < -0.3 is 15.4 Å². The molecule has 2 aliphatic rings. The van der Waals surface area contributed by atoms with Gasteiger partial charge in [0.1, 0.15) is 24.4 Å². The maximum atomic E-state index is 13.8. The third-order valence-corrected chi connectivity index (χ3v) is 7.36. The van der Waals surface area contributed by atoms with Crippen molar-refractivity contribution < 1.29 is 18.3 Å². The molecule has 4 heterocycles. The molecule has 0 aliphatic carbocycles. The summed E-state index contributed by atoms with van der Waals surface area (Å²) in [6.07, 6.45) is 2.44. The number of nitrogens with zero attached hydrogens (tertiary/aromatic N) is 5. The first kappa shape index (κ1) is 24.3. The summed E-state index contributed by atoms with van der Waals surface area (Å²) < 4.78 is 35.5. The first-order valence-corrected chi connectivity index (χ1v) is 12.7. The number of fused-ring (bicyclic) bond motifs is 4. The Balaban J connectivity index is 1.13. The summed E-state index contributed by atoms with van der Waals surface area (Å²) >= 11 is 0. The minimum absolute atomic E-state index is 0.211. The number of benzene rings is 2. The van der Waals surface area contributed by atoms with Crippen LogP contribution in [0.2, 0.25) is 0 Å². The molecule has 10 heteroatoms. The van der Waals surface area contributed by atoms with Crippen molar-refractivity contribution in [3.05, 3.63) is 77.5 Å². The zero-order chi connectivity index (χ0) is 26.4. The Morgan fingerprint density at radius 1 is 1.05 bits per heavy atom. The van der Waals surface area contributed by atoms with Crippen LogP contribution in [0.5, 0.6) is 5.75 Å². The SMILES string of the molecule is CC(F)(F)c1ccc2c(N3CCN(CCc4cccc5c4OCc4c(C(N)=O)ncn4-5)CC3)cccc2n1. The Labute approximate surface area is 218 Å². The second kappa shape index (κ2) is 9.36. The van der Waals surface area contributed by atoms with Crippen molar-refractivity contribution in [2.24, 2.45) is 5.73 Å². The van der Waals surface area contributed by atoms with Gasteiger partial charge in [0.15, 0.2) is 5.69 Å². The van der Waals surface area contributed by atoms with Gasteiger partial charge in [-0.25, -0.2) is 9.97 Å². The van der Waals surface area contributed by atoms with Gasteiger partial charge in [-0.2, -0.15) is 8.78 Å². The lowest BCUT2D eigenvalue weighted by Gasteiger charge is -2.36. The molecule has 1 fully saturated rings. The Morgan fingerprint density at radius 2 is 1.82 bits per heavy atom. The summed E-state index contributed by atoms with van der Waals surface area (Å²) in [5.41, 5.74) is 9.72. The average Bonchev–Trinajstić information content (AvgIpc) is 3.36. The molecule has 38 heavy (non-hydrogen) atoms. The molecule has 4 aromatic rings. The van der Waals surface area contributed by atoms with Crippen LogP contribution in [0.3, 0.4) is 0 Å². The number of imidazole rings is 1. The lowest BCUT2D eigenvalue weighted by molar-refractivity contribution is 0.0131. The summed E-state index contributed by atoms with van der Waals surface area (Å²) in [5.74, 6) is -2.72. The fourth-order valence-corrected chi connectivity index (χ4v) is 5.34. The Hall–Kier alpha value is -4.05. The summed E-state index contributed by atoms with van der Waals surface area (Å²) in [5, 5.41) is 0.889. The lowest BCUT2D eigenvalue weighted by atomic mass is 10.1. The molecule has 0 bridgehead atoms. The van der Waals surface area contributed by atoms with Crippen molar-refractivity contribution in [3.8, 4) is 11.4 Å². The van der Waals surface area contributed by atoms with Crippen molar-refractivity contribution in [2.45, 2.75) is 25.9 Å². The molecule has 2 aromatic heterocycles. The number of nitrogens with two attached hydrogens (primary N) is 1. The Bertz CT molecular complexity index is 1520. The Morgan fingerprint density at radius 3 is 2.58 bits per heavy atom. The predicted octanol–water partition coefficient (Wildman–Crippen LogP) is 3.89. The smallest absolute Gasteiger partial charge is 0.286 e. The number of aromatic nitrogens is 3. The van der Waals surface area contributed by atoms with Crippen LogP contribution in [0.4, 0.5) is 14.5 Å². The Kier molecular flexibility index (Phi) is 5.98. The molecule has 2 aliphatic heterocycles. The second-order valence-corrected chi connectivity index (χ2v) is 9.84. The number of carbonyl (C=O) groups excluding carboxylic acids is 1. The van der Waals surface area contributed by atoms with Crippen LogP contribution < -0.4 is 15.4 Å². The van der Waals surface area contributed by atoms with Crippen molar-refractivity contribution in [1.82, 2.24) is 19.4 Å². The zero-order valence-electron chi connectivity index (χ0n) is 21.0. The number of piperazine rings is 1. The van der Waals surface area contributed by atoms with E-state index in [1.165, 1.54) is 6.07 Å². The highest BCUT2D eigenvalue weighted by molar-refractivity contribution is 5.92. The van der Waals surface area contributed by atoms with E-state index >= 15 is 0 Å². The van der Waals surface area contributed by atoms with Crippen LogP contribution in [0.15, 0.2) is 54.9 Å². The van der Waals surface area contributed by atoms with E-state index in [1.54, 1.807) is 18.5 Å². The summed E-state index contributed by atoms with van der Waals surface area (Å²) in [7, 11) is 0. The van der Waals surface area contributed by atoms with E-state index in [2.05, 4.69) is 25.8 Å². The monoisotopic (exact) mass is 518 g/mol. The van der Waals surface area contributed by atoms with Gasteiger partial charge in [-0.15, -0.1) is 0 Å². The van der Waals surface area contributed by atoms with Gasteiger partial charge in [-0.05, 0) is 42.3 Å². The average molecular weight is 519 g/mol. The molecule has 1 saturated heterocycles. The number of hydrogen-bond donors (Lipinski definition) is 1. The zero-order valence-corrected chi connectivity index (χ0v) is 21.0. The topological polar surface area (TPSA) is 89.5 Å². The minimum atomic E-state index is -2.97. The van der Waals surface area contributed by atoms with Gasteiger partial charge in [0.05, 0.1) is 16.9 Å². The molecular weight excluding hydrogens is 490 g/mol. The maximum absolute atomic E-state index is 13.8. The van der Waals surface area contributed by atoms with Crippen LogP contribution in [0, 0.1) is 0 Å². The van der Waals surface area contributed by atoms with E-state index in [0.29, 0.717) is 11.2 Å². The van der Waals surface area contributed by atoms with E-state index in [-0.39, 0.29) is 18.0 Å². The normalized spacial score (nSPS) is 15.7. The minimum Gasteiger partial charge on any atom is -0.485 e. The van der Waals surface area contributed by atoms with Crippen LogP contribution in [-0.4, -0.2) is 58.1 Å². The molecule has 196 valence electrons. The number of carbonyl (C=O) groups is 1. The third-order valence-electron chi connectivity index (χ3n) is 7.36.